The Labute approximate surface area is 58.2 Å². The Morgan fingerprint density at radius 2 is 2.22 bits per heavy atom. The summed E-state index contributed by atoms with van der Waals surface area (Å²) in [5.74, 6) is 0. The van der Waals surface area contributed by atoms with Crippen LogP contribution in [-0.2, 0) is 0 Å². The highest BCUT2D eigenvalue weighted by Gasteiger charge is 2.00. The summed E-state index contributed by atoms with van der Waals surface area (Å²) in [4.78, 5) is 0. The minimum absolute atomic E-state index is 0.542. The number of hydrogen-bond donors (Lipinski definition) is 1. The molecular weight excluding hydrogens is 110 g/mol. The van der Waals surface area contributed by atoms with Gasteiger partial charge in [-0.05, 0) is 27.3 Å². The quantitative estimate of drug-likeness (QED) is 0.571. The van der Waals surface area contributed by atoms with Gasteiger partial charge in [-0.3, -0.25) is 0 Å². The van der Waals surface area contributed by atoms with Crippen molar-refractivity contribution in [2.45, 2.75) is 33.2 Å². The lowest BCUT2D eigenvalue weighted by Gasteiger charge is -2.11. The van der Waals surface area contributed by atoms with Crippen LogP contribution in [0, 0.1) is 0 Å². The van der Waals surface area contributed by atoms with Crippen LogP contribution < -0.4 is 5.32 Å². The van der Waals surface area contributed by atoms with Crippen LogP contribution in [0.2, 0.25) is 0 Å². The molecule has 0 rings (SSSR count). The van der Waals surface area contributed by atoms with Crippen molar-refractivity contribution in [3.05, 3.63) is 11.6 Å². The molecule has 0 saturated heterocycles. The van der Waals surface area contributed by atoms with Gasteiger partial charge >= 0.3 is 0 Å². The normalized spacial score (nSPS) is 15.8. The molecule has 0 aliphatic carbocycles. The molecule has 0 saturated carbocycles. The van der Waals surface area contributed by atoms with Gasteiger partial charge in [-0.2, -0.15) is 0 Å². The second kappa shape index (κ2) is 4.57. The summed E-state index contributed by atoms with van der Waals surface area (Å²) in [7, 11) is 1.99. The second-order valence-electron chi connectivity index (χ2n) is 2.23. The van der Waals surface area contributed by atoms with Crippen LogP contribution in [0.3, 0.4) is 0 Å². The Morgan fingerprint density at radius 1 is 1.67 bits per heavy atom. The van der Waals surface area contributed by atoms with Crippen molar-refractivity contribution in [1.82, 2.24) is 5.32 Å². The summed E-state index contributed by atoms with van der Waals surface area (Å²) in [6.07, 6.45) is 3.33. The first-order valence-electron chi connectivity index (χ1n) is 3.58. The maximum Gasteiger partial charge on any atom is 0.0247 e. The van der Waals surface area contributed by atoms with Crippen molar-refractivity contribution in [2.75, 3.05) is 7.05 Å². The minimum Gasteiger partial charge on any atom is -0.314 e. The second-order valence-corrected chi connectivity index (χ2v) is 2.23. The van der Waals surface area contributed by atoms with E-state index in [1.807, 2.05) is 7.05 Å². The van der Waals surface area contributed by atoms with E-state index in [0.717, 1.165) is 6.42 Å². The maximum atomic E-state index is 3.20. The van der Waals surface area contributed by atoms with E-state index in [9.17, 15) is 0 Å². The third kappa shape index (κ3) is 2.66. The zero-order chi connectivity index (χ0) is 7.28. The molecule has 0 heterocycles. The predicted molar refractivity (Wildman–Crippen MR) is 42.6 cm³/mol. The average molecular weight is 127 g/mol. The van der Waals surface area contributed by atoms with Gasteiger partial charge in [0.25, 0.3) is 0 Å². The summed E-state index contributed by atoms with van der Waals surface area (Å²) in [5.41, 5.74) is 1.48. The molecule has 0 aromatic carbocycles. The largest absolute Gasteiger partial charge is 0.314 e. The molecule has 0 aromatic heterocycles. The van der Waals surface area contributed by atoms with E-state index in [1.165, 1.54) is 5.57 Å². The zero-order valence-corrected chi connectivity index (χ0v) is 6.86. The maximum absolute atomic E-state index is 3.20. The fourth-order valence-electron chi connectivity index (χ4n) is 0.946. The van der Waals surface area contributed by atoms with E-state index in [1.54, 1.807) is 0 Å². The first kappa shape index (κ1) is 8.70. The molecule has 1 N–H and O–H groups in total. The molecule has 0 fully saturated rings. The highest BCUT2D eigenvalue weighted by Crippen LogP contribution is 2.04. The van der Waals surface area contributed by atoms with Crippen LogP contribution in [0.5, 0.6) is 0 Å². The van der Waals surface area contributed by atoms with Gasteiger partial charge in [0.1, 0.15) is 0 Å². The number of allylic oxidation sites excluding steroid dienone is 1. The molecule has 1 heteroatoms. The summed E-state index contributed by atoms with van der Waals surface area (Å²) >= 11 is 0. The van der Waals surface area contributed by atoms with Gasteiger partial charge in [0.15, 0.2) is 0 Å². The predicted octanol–water partition coefficient (Wildman–Crippen LogP) is 1.95. The molecule has 1 atom stereocenters. The molecule has 0 aromatic rings. The number of rotatable bonds is 3. The Balaban J connectivity index is 3.80. The average Bonchev–Trinajstić information content (AvgIpc) is 1.90. The Morgan fingerprint density at radius 3 is 2.33 bits per heavy atom. The Kier molecular flexibility index (Phi) is 4.41. The van der Waals surface area contributed by atoms with Crippen LogP contribution >= 0.6 is 0 Å². The van der Waals surface area contributed by atoms with Crippen molar-refractivity contribution < 1.29 is 0 Å². The molecule has 0 bridgehead atoms. The van der Waals surface area contributed by atoms with Crippen LogP contribution in [0.15, 0.2) is 11.6 Å². The highest BCUT2D eigenvalue weighted by atomic mass is 14.9. The van der Waals surface area contributed by atoms with Gasteiger partial charge in [-0.15, -0.1) is 0 Å². The number of nitrogens with one attached hydrogen (secondary N) is 1. The van der Waals surface area contributed by atoms with Gasteiger partial charge < -0.3 is 5.32 Å². The van der Waals surface area contributed by atoms with Crippen molar-refractivity contribution in [3.63, 3.8) is 0 Å². The summed E-state index contributed by atoms with van der Waals surface area (Å²) in [6.45, 7) is 6.45. The number of likely N-dealkylation sites (N-methyl/N-ethyl adjacent to an activating group) is 1. The minimum atomic E-state index is 0.542. The molecule has 1 nitrogen and oxygen atoms in total. The Bertz CT molecular complexity index is 94.7. The lowest BCUT2D eigenvalue weighted by Crippen LogP contribution is -2.22. The molecular formula is C8H17N. The topological polar surface area (TPSA) is 12.0 Å². The molecule has 1 unspecified atom stereocenters. The van der Waals surface area contributed by atoms with Crippen LogP contribution in [0.25, 0.3) is 0 Å². The monoisotopic (exact) mass is 127 g/mol. The molecule has 0 aliphatic rings. The van der Waals surface area contributed by atoms with E-state index in [-0.39, 0.29) is 0 Å². The smallest absolute Gasteiger partial charge is 0.0247 e. The van der Waals surface area contributed by atoms with Gasteiger partial charge in [-0.1, -0.05) is 18.6 Å². The van der Waals surface area contributed by atoms with Crippen LogP contribution in [0.4, 0.5) is 0 Å². The van der Waals surface area contributed by atoms with Crippen molar-refractivity contribution in [2.24, 2.45) is 0 Å². The summed E-state index contributed by atoms with van der Waals surface area (Å²) in [5, 5.41) is 3.20. The van der Waals surface area contributed by atoms with Crippen LogP contribution in [0.1, 0.15) is 27.2 Å². The standard InChI is InChI=1S/C8H17N/c1-5-8(6-2)7(3)9-4/h5,7,9H,6H2,1-4H3. The van der Waals surface area contributed by atoms with Crippen LogP contribution in [-0.4, -0.2) is 13.1 Å². The first-order chi connectivity index (χ1) is 4.26. The van der Waals surface area contributed by atoms with Gasteiger partial charge in [0.05, 0.1) is 0 Å². The molecule has 0 spiro atoms. The molecule has 0 aliphatic heterocycles. The molecule has 9 heavy (non-hydrogen) atoms. The van der Waals surface area contributed by atoms with E-state index in [2.05, 4.69) is 32.2 Å². The SMILES string of the molecule is CC=C(CC)C(C)NC. The third-order valence-corrected chi connectivity index (χ3v) is 1.77. The first-order valence-corrected chi connectivity index (χ1v) is 3.58. The third-order valence-electron chi connectivity index (χ3n) is 1.77. The van der Waals surface area contributed by atoms with Gasteiger partial charge in [-0.25, -0.2) is 0 Å². The van der Waals surface area contributed by atoms with Gasteiger partial charge in [0.2, 0.25) is 0 Å². The molecule has 0 amide bonds. The van der Waals surface area contributed by atoms with E-state index < -0.39 is 0 Å². The van der Waals surface area contributed by atoms with Crippen molar-refractivity contribution in [3.8, 4) is 0 Å². The van der Waals surface area contributed by atoms with Crippen molar-refractivity contribution >= 4 is 0 Å². The lowest BCUT2D eigenvalue weighted by atomic mass is 10.1. The lowest BCUT2D eigenvalue weighted by molar-refractivity contribution is 0.670. The molecule has 0 radical (unpaired) electrons. The zero-order valence-electron chi connectivity index (χ0n) is 6.86. The fourth-order valence-corrected chi connectivity index (χ4v) is 0.946. The number of hydrogen-bond acceptors (Lipinski definition) is 1. The van der Waals surface area contributed by atoms with E-state index in [0.29, 0.717) is 6.04 Å². The highest BCUT2D eigenvalue weighted by molar-refractivity contribution is 5.06. The van der Waals surface area contributed by atoms with E-state index in [4.69, 9.17) is 0 Å². The van der Waals surface area contributed by atoms with Crippen molar-refractivity contribution in [1.29, 1.82) is 0 Å². The summed E-state index contributed by atoms with van der Waals surface area (Å²) in [6, 6.07) is 0.542. The fraction of sp³-hybridized carbons (Fsp3) is 0.750. The van der Waals surface area contributed by atoms with Gasteiger partial charge in [0, 0.05) is 6.04 Å². The summed E-state index contributed by atoms with van der Waals surface area (Å²) < 4.78 is 0. The molecule has 54 valence electrons. The van der Waals surface area contributed by atoms with E-state index >= 15 is 0 Å². The Hall–Kier alpha value is -0.300.